The minimum atomic E-state index is -4.64. The molecule has 0 bridgehead atoms. The molecule has 0 aliphatic heterocycles. The first-order valence-electron chi connectivity index (χ1n) is 29.0. The van der Waals surface area contributed by atoms with Crippen molar-refractivity contribution in [1.82, 2.24) is 0 Å². The van der Waals surface area contributed by atoms with Gasteiger partial charge in [-0.25, -0.2) is 0 Å². The smallest absolute Gasteiger partial charge is 0.306 e. The van der Waals surface area contributed by atoms with Gasteiger partial charge in [0, 0.05) is 12.8 Å². The van der Waals surface area contributed by atoms with Crippen LogP contribution in [0.15, 0.2) is 60.8 Å². The van der Waals surface area contributed by atoms with Gasteiger partial charge in [0.05, 0.1) is 27.7 Å². The van der Waals surface area contributed by atoms with E-state index in [4.69, 9.17) is 18.5 Å². The number of allylic oxidation sites excluding steroid dienone is 10. The second kappa shape index (κ2) is 51.6. The maximum atomic E-state index is 12.8. The zero-order valence-corrected chi connectivity index (χ0v) is 47.1. The summed E-state index contributed by atoms with van der Waals surface area (Å²) in [6.45, 7) is 4.20. The highest BCUT2D eigenvalue weighted by Gasteiger charge is 2.22. The molecule has 0 aromatic heterocycles. The summed E-state index contributed by atoms with van der Waals surface area (Å²) < 4.78 is 34.1. The molecule has 70 heavy (non-hydrogen) atoms. The zero-order chi connectivity index (χ0) is 51.3. The van der Waals surface area contributed by atoms with Crippen LogP contribution >= 0.6 is 7.82 Å². The highest BCUT2D eigenvalue weighted by atomic mass is 31.2. The highest BCUT2D eigenvalue weighted by Crippen LogP contribution is 2.38. The van der Waals surface area contributed by atoms with Crippen molar-refractivity contribution in [3.05, 3.63) is 60.8 Å². The summed E-state index contributed by atoms with van der Waals surface area (Å²) in [5.41, 5.74) is 0. The third-order valence-corrected chi connectivity index (χ3v) is 13.5. The molecule has 0 aromatic rings. The van der Waals surface area contributed by atoms with E-state index in [1.165, 1.54) is 148 Å². The van der Waals surface area contributed by atoms with E-state index in [0.29, 0.717) is 23.9 Å². The van der Waals surface area contributed by atoms with E-state index in [1.807, 2.05) is 21.1 Å². The van der Waals surface area contributed by atoms with Crippen LogP contribution in [-0.2, 0) is 32.7 Å². The molecular weight excluding hydrogens is 894 g/mol. The van der Waals surface area contributed by atoms with Gasteiger partial charge in [0.2, 0.25) is 0 Å². The number of carbonyl (C=O) groups is 2. The first kappa shape index (κ1) is 67.7. The molecule has 2 atom stereocenters. The number of likely N-dealkylation sites (N-methyl/N-ethyl adjacent to an activating group) is 1. The largest absolute Gasteiger partial charge is 0.756 e. The molecule has 0 heterocycles. The van der Waals surface area contributed by atoms with Crippen LogP contribution in [-0.4, -0.2) is 70.0 Å². The lowest BCUT2D eigenvalue weighted by atomic mass is 10.0. The van der Waals surface area contributed by atoms with E-state index < -0.39 is 32.5 Å². The molecule has 0 aliphatic rings. The first-order valence-corrected chi connectivity index (χ1v) is 30.5. The fourth-order valence-electron chi connectivity index (χ4n) is 7.99. The lowest BCUT2D eigenvalue weighted by Gasteiger charge is -2.28. The number of quaternary nitrogens is 1. The van der Waals surface area contributed by atoms with Crippen LogP contribution < -0.4 is 4.89 Å². The van der Waals surface area contributed by atoms with Crippen LogP contribution in [0.1, 0.15) is 258 Å². The number of unbranched alkanes of at least 4 members (excludes halogenated alkanes) is 29. The Morgan fingerprint density at radius 2 is 0.771 bits per heavy atom. The molecule has 2 unspecified atom stereocenters. The second-order valence-electron chi connectivity index (χ2n) is 20.6. The summed E-state index contributed by atoms with van der Waals surface area (Å²) in [7, 11) is 1.16. The van der Waals surface area contributed by atoms with Crippen molar-refractivity contribution in [1.29, 1.82) is 0 Å². The van der Waals surface area contributed by atoms with Gasteiger partial charge in [-0.3, -0.25) is 14.2 Å². The van der Waals surface area contributed by atoms with E-state index in [1.54, 1.807) is 0 Å². The fourth-order valence-corrected chi connectivity index (χ4v) is 8.72. The second-order valence-corrected chi connectivity index (χ2v) is 22.1. The number of phosphoric acid groups is 1. The van der Waals surface area contributed by atoms with Crippen molar-refractivity contribution >= 4 is 19.8 Å². The molecule has 0 fully saturated rings. The Hall–Kier alpha value is -2.29. The molecule has 0 radical (unpaired) electrons. The SMILES string of the molecule is CCCCC/C=C\C/C=C\CCCCCCCC(=O)OCC(COP(=O)([O-])OCC[N+](C)(C)C)OC(=O)CCCCCCCCCCCCCCCCCC/C=C\C/C=C\C/C=C\CCCCCCC. The Bertz CT molecular complexity index is 1370. The summed E-state index contributed by atoms with van der Waals surface area (Å²) in [6.07, 6.45) is 65.6. The lowest BCUT2D eigenvalue weighted by molar-refractivity contribution is -0.870. The summed E-state index contributed by atoms with van der Waals surface area (Å²) in [5, 5.41) is 0. The molecule has 0 amide bonds. The number of carbonyl (C=O) groups excluding carboxylic acids is 2. The number of hydrogen-bond donors (Lipinski definition) is 0. The molecule has 0 saturated heterocycles. The van der Waals surface area contributed by atoms with E-state index >= 15 is 0 Å². The standard InChI is InChI=1S/C60H110NO8P/c1-6-8-10-12-14-16-18-20-22-23-24-25-26-27-28-29-30-31-32-33-34-35-36-37-39-41-43-45-47-49-51-53-60(63)69-58(57-68-70(64,65)67-55-54-61(3,4)5)56-66-59(62)52-50-48-46-44-42-40-38-21-19-17-15-13-11-9-7-2/h15,17-18,20-21,23-24,26-27,38,58H,6-14,16,19,22,25,28-37,39-57H2,1-5H3/b17-15-,20-18-,24-23-,27-26-,38-21-. The normalized spacial score (nSPS) is 13.7. The predicted molar refractivity (Wildman–Crippen MR) is 296 cm³/mol. The number of esters is 2. The maximum absolute atomic E-state index is 12.8. The molecule has 0 aromatic carbocycles. The molecule has 0 N–H and O–H groups in total. The quantitative estimate of drug-likeness (QED) is 0.0195. The number of ether oxygens (including phenoxy) is 2. The van der Waals surface area contributed by atoms with Gasteiger partial charge in [0.15, 0.2) is 6.10 Å². The van der Waals surface area contributed by atoms with Gasteiger partial charge in [-0.2, -0.15) is 0 Å². The number of phosphoric ester groups is 1. The molecule has 0 saturated carbocycles. The van der Waals surface area contributed by atoms with Gasteiger partial charge in [-0.15, -0.1) is 0 Å². The van der Waals surface area contributed by atoms with Crippen LogP contribution in [0.4, 0.5) is 0 Å². The maximum Gasteiger partial charge on any atom is 0.306 e. The average molecular weight is 1000 g/mol. The van der Waals surface area contributed by atoms with Crippen molar-refractivity contribution in [2.45, 2.75) is 264 Å². The third kappa shape index (κ3) is 55.0. The average Bonchev–Trinajstić information content (AvgIpc) is 3.32. The molecule has 0 rings (SSSR count). The van der Waals surface area contributed by atoms with Crippen molar-refractivity contribution in [2.75, 3.05) is 47.5 Å². The summed E-state index contributed by atoms with van der Waals surface area (Å²) in [5.74, 6) is -0.845. The van der Waals surface area contributed by atoms with Gasteiger partial charge >= 0.3 is 11.9 Å². The molecular formula is C60H110NO8P. The third-order valence-electron chi connectivity index (χ3n) is 12.5. The summed E-state index contributed by atoms with van der Waals surface area (Å²) in [6, 6.07) is 0. The van der Waals surface area contributed by atoms with Crippen molar-refractivity contribution in [2.24, 2.45) is 0 Å². The zero-order valence-electron chi connectivity index (χ0n) is 46.2. The highest BCUT2D eigenvalue weighted by molar-refractivity contribution is 7.45. The van der Waals surface area contributed by atoms with E-state index in [9.17, 15) is 19.0 Å². The van der Waals surface area contributed by atoms with Crippen LogP contribution in [0.25, 0.3) is 0 Å². The summed E-state index contributed by atoms with van der Waals surface area (Å²) >= 11 is 0. The molecule has 0 spiro atoms. The van der Waals surface area contributed by atoms with Crippen LogP contribution in [0.5, 0.6) is 0 Å². The number of rotatable bonds is 53. The monoisotopic (exact) mass is 1000 g/mol. The molecule has 408 valence electrons. The minimum Gasteiger partial charge on any atom is -0.756 e. The van der Waals surface area contributed by atoms with Crippen LogP contribution in [0, 0.1) is 0 Å². The Morgan fingerprint density at radius 3 is 1.17 bits per heavy atom. The topological polar surface area (TPSA) is 111 Å². The fraction of sp³-hybridized carbons (Fsp3) is 0.800. The Labute approximate surface area is 432 Å². The van der Waals surface area contributed by atoms with Crippen molar-refractivity contribution < 1.29 is 42.1 Å². The van der Waals surface area contributed by atoms with Gasteiger partial charge in [0.25, 0.3) is 7.82 Å². The molecule has 10 heteroatoms. The van der Waals surface area contributed by atoms with Crippen molar-refractivity contribution in [3.8, 4) is 0 Å². The van der Waals surface area contributed by atoms with E-state index in [2.05, 4.69) is 74.6 Å². The minimum absolute atomic E-state index is 0.0341. The summed E-state index contributed by atoms with van der Waals surface area (Å²) in [4.78, 5) is 37.8. The number of nitrogens with zero attached hydrogens (tertiary/aromatic N) is 1. The Balaban J connectivity index is 4.09. The van der Waals surface area contributed by atoms with Gasteiger partial charge in [-0.05, 0) is 83.5 Å². The predicted octanol–water partition coefficient (Wildman–Crippen LogP) is 17.3. The van der Waals surface area contributed by atoms with Crippen LogP contribution in [0.3, 0.4) is 0 Å². The van der Waals surface area contributed by atoms with E-state index in [0.717, 1.165) is 70.6 Å². The van der Waals surface area contributed by atoms with Crippen molar-refractivity contribution in [3.63, 3.8) is 0 Å². The van der Waals surface area contributed by atoms with Gasteiger partial charge < -0.3 is 27.9 Å². The Kier molecular flexibility index (Phi) is 49.9. The van der Waals surface area contributed by atoms with Crippen LogP contribution in [0.2, 0.25) is 0 Å². The van der Waals surface area contributed by atoms with Gasteiger partial charge in [-0.1, -0.05) is 222 Å². The Morgan fingerprint density at radius 1 is 0.443 bits per heavy atom. The van der Waals surface area contributed by atoms with E-state index in [-0.39, 0.29) is 26.1 Å². The first-order chi connectivity index (χ1) is 34.0. The molecule has 0 aliphatic carbocycles. The number of hydrogen-bond acceptors (Lipinski definition) is 8. The lowest BCUT2D eigenvalue weighted by Crippen LogP contribution is -2.37. The molecule has 9 nitrogen and oxygen atoms in total. The van der Waals surface area contributed by atoms with Gasteiger partial charge in [0.1, 0.15) is 19.8 Å².